The molecule has 0 radical (unpaired) electrons. The number of benzene rings is 1. The van der Waals surface area contributed by atoms with Gasteiger partial charge in [-0.3, -0.25) is 9.36 Å². The standard InChI is InChI=1S/C17H13BrF4N2O5/c1-6-13(17(20,21)22)23(2)16(27)24(14(6)25)11-7-4-10(15(26)28-3)29-12(7)8(18)5-9(11)19/h5,10H,4H2,1-3H3. The number of methoxy groups -OCH3 is 1. The minimum absolute atomic E-state index is 0.0108. The molecule has 29 heavy (non-hydrogen) atoms. The molecule has 12 heteroatoms. The van der Waals surface area contributed by atoms with Gasteiger partial charge in [-0.1, -0.05) is 0 Å². The lowest BCUT2D eigenvalue weighted by Crippen LogP contribution is -2.43. The van der Waals surface area contributed by atoms with Gasteiger partial charge in [-0.25, -0.2) is 18.5 Å². The molecule has 0 saturated carbocycles. The summed E-state index contributed by atoms with van der Waals surface area (Å²) in [6, 6.07) is 0.896. The SMILES string of the molecule is COC(=O)C1Cc2c(c(Br)cc(F)c2-n2c(=O)c(C)c(C(F)(F)F)n(C)c2=O)O1. The van der Waals surface area contributed by atoms with Gasteiger partial charge in [-0.2, -0.15) is 13.2 Å². The van der Waals surface area contributed by atoms with Crippen LogP contribution in [0.2, 0.25) is 0 Å². The molecule has 1 aromatic carbocycles. The van der Waals surface area contributed by atoms with Gasteiger partial charge >= 0.3 is 17.8 Å². The second kappa shape index (κ2) is 7.01. The number of aromatic nitrogens is 2. The van der Waals surface area contributed by atoms with Crippen LogP contribution in [-0.4, -0.2) is 28.3 Å². The molecule has 1 atom stereocenters. The molecule has 1 aliphatic rings. The first-order valence-corrected chi connectivity index (χ1v) is 8.85. The Morgan fingerprint density at radius 3 is 2.52 bits per heavy atom. The highest BCUT2D eigenvalue weighted by atomic mass is 79.9. The van der Waals surface area contributed by atoms with Gasteiger partial charge in [0.15, 0.2) is 6.10 Å². The molecule has 2 aromatic rings. The summed E-state index contributed by atoms with van der Waals surface area (Å²) in [5, 5.41) is 0. The number of ether oxygens (including phenoxy) is 2. The van der Waals surface area contributed by atoms with Crippen LogP contribution in [0, 0.1) is 12.7 Å². The molecule has 1 unspecified atom stereocenters. The number of rotatable bonds is 2. The van der Waals surface area contributed by atoms with E-state index < -0.39 is 52.3 Å². The van der Waals surface area contributed by atoms with Crippen molar-refractivity contribution in [3.8, 4) is 11.4 Å². The van der Waals surface area contributed by atoms with Crippen LogP contribution in [0.25, 0.3) is 5.69 Å². The molecule has 0 aliphatic carbocycles. The Morgan fingerprint density at radius 1 is 1.34 bits per heavy atom. The summed E-state index contributed by atoms with van der Waals surface area (Å²) in [4.78, 5) is 37.1. The van der Waals surface area contributed by atoms with Crippen LogP contribution in [0.5, 0.6) is 5.75 Å². The van der Waals surface area contributed by atoms with E-state index in [4.69, 9.17) is 4.74 Å². The van der Waals surface area contributed by atoms with Gasteiger partial charge < -0.3 is 9.47 Å². The quantitative estimate of drug-likeness (QED) is 0.486. The van der Waals surface area contributed by atoms with E-state index in [0.717, 1.165) is 27.1 Å². The summed E-state index contributed by atoms with van der Waals surface area (Å²) in [5.74, 6) is -1.84. The number of carbonyl (C=O) groups is 1. The summed E-state index contributed by atoms with van der Waals surface area (Å²) >= 11 is 3.07. The predicted molar refractivity (Wildman–Crippen MR) is 94.8 cm³/mol. The van der Waals surface area contributed by atoms with E-state index in [-0.39, 0.29) is 26.8 Å². The van der Waals surface area contributed by atoms with E-state index in [0.29, 0.717) is 4.57 Å². The zero-order valence-corrected chi connectivity index (χ0v) is 16.8. The van der Waals surface area contributed by atoms with Crippen LogP contribution in [0.15, 0.2) is 20.1 Å². The van der Waals surface area contributed by atoms with Crippen LogP contribution < -0.4 is 16.0 Å². The van der Waals surface area contributed by atoms with Gasteiger partial charge in [0.25, 0.3) is 5.56 Å². The third kappa shape index (κ3) is 3.24. The third-order valence-electron chi connectivity index (χ3n) is 4.56. The summed E-state index contributed by atoms with van der Waals surface area (Å²) < 4.78 is 65.3. The first-order valence-electron chi connectivity index (χ1n) is 8.05. The molecule has 1 aliphatic heterocycles. The van der Waals surface area contributed by atoms with E-state index in [1.807, 2.05) is 0 Å². The number of hydrogen-bond acceptors (Lipinski definition) is 5. The second-order valence-corrected chi connectivity index (χ2v) is 7.14. The number of esters is 1. The molecule has 156 valence electrons. The van der Waals surface area contributed by atoms with Gasteiger partial charge in [-0.15, -0.1) is 0 Å². The monoisotopic (exact) mass is 480 g/mol. The van der Waals surface area contributed by atoms with Gasteiger partial charge in [0.05, 0.1) is 17.3 Å². The highest BCUT2D eigenvalue weighted by Gasteiger charge is 2.40. The summed E-state index contributed by atoms with van der Waals surface area (Å²) in [6.45, 7) is 0.895. The Morgan fingerprint density at radius 2 is 1.97 bits per heavy atom. The molecule has 0 N–H and O–H groups in total. The lowest BCUT2D eigenvalue weighted by molar-refractivity contribution is -0.148. The van der Waals surface area contributed by atoms with E-state index in [1.165, 1.54) is 0 Å². The fraction of sp³-hybridized carbons (Fsp3) is 0.353. The van der Waals surface area contributed by atoms with Gasteiger partial charge in [0, 0.05) is 24.6 Å². The number of alkyl halides is 3. The molecule has 3 rings (SSSR count). The van der Waals surface area contributed by atoms with Gasteiger partial charge in [-0.05, 0) is 28.9 Å². The normalized spacial score (nSPS) is 15.8. The fourth-order valence-corrected chi connectivity index (χ4v) is 3.82. The molecule has 0 fully saturated rings. The van der Waals surface area contributed by atoms with Crippen LogP contribution in [0.1, 0.15) is 16.8 Å². The molecule has 1 aromatic heterocycles. The van der Waals surface area contributed by atoms with Gasteiger partial charge in [0.2, 0.25) is 0 Å². The van der Waals surface area contributed by atoms with Crippen LogP contribution in [0.4, 0.5) is 17.6 Å². The molecule has 0 saturated heterocycles. The lowest BCUT2D eigenvalue weighted by Gasteiger charge is -2.18. The maximum absolute atomic E-state index is 14.8. The first kappa shape index (κ1) is 21.1. The topological polar surface area (TPSA) is 79.5 Å². The Hall–Kier alpha value is -2.63. The van der Waals surface area contributed by atoms with Crippen molar-refractivity contribution in [3.63, 3.8) is 0 Å². The number of carbonyl (C=O) groups excluding carboxylic acids is 1. The Bertz CT molecular complexity index is 1120. The molecular formula is C17H13BrF4N2O5. The van der Waals surface area contributed by atoms with Crippen LogP contribution in [0.3, 0.4) is 0 Å². The highest BCUT2D eigenvalue weighted by Crippen LogP contribution is 2.41. The third-order valence-corrected chi connectivity index (χ3v) is 5.14. The molecule has 0 bridgehead atoms. The van der Waals surface area contributed by atoms with E-state index in [9.17, 15) is 31.9 Å². The molecule has 0 amide bonds. The van der Waals surface area contributed by atoms with Crippen molar-refractivity contribution in [2.24, 2.45) is 7.05 Å². The van der Waals surface area contributed by atoms with E-state index in [1.54, 1.807) is 0 Å². The Kier molecular flexibility index (Phi) is 5.10. The molecular weight excluding hydrogens is 468 g/mol. The van der Waals surface area contributed by atoms with Crippen molar-refractivity contribution in [2.45, 2.75) is 25.6 Å². The predicted octanol–water partition coefficient (Wildman–Crippen LogP) is 2.24. The highest BCUT2D eigenvalue weighted by molar-refractivity contribution is 9.10. The first-order chi connectivity index (χ1) is 13.4. The number of halogens is 5. The van der Waals surface area contributed by atoms with Gasteiger partial charge in [0.1, 0.15) is 17.3 Å². The minimum atomic E-state index is -4.96. The zero-order chi connectivity index (χ0) is 21.8. The minimum Gasteiger partial charge on any atom is -0.477 e. The summed E-state index contributed by atoms with van der Waals surface area (Å²) in [7, 11) is 1.95. The smallest absolute Gasteiger partial charge is 0.432 e. The average Bonchev–Trinajstić information content (AvgIpc) is 3.06. The number of fused-ring (bicyclic) bond motifs is 1. The van der Waals surface area contributed by atoms with Crippen molar-refractivity contribution < 1.29 is 31.8 Å². The zero-order valence-electron chi connectivity index (χ0n) is 15.2. The molecule has 2 heterocycles. The number of nitrogens with zero attached hydrogens (tertiary/aromatic N) is 2. The Balaban J connectivity index is 2.36. The fourth-order valence-electron chi connectivity index (χ4n) is 3.28. The maximum Gasteiger partial charge on any atom is 0.432 e. The average molecular weight is 481 g/mol. The van der Waals surface area contributed by atoms with Crippen molar-refractivity contribution >= 4 is 21.9 Å². The van der Waals surface area contributed by atoms with Crippen molar-refractivity contribution in [2.75, 3.05) is 7.11 Å². The van der Waals surface area contributed by atoms with Crippen molar-refractivity contribution in [1.29, 1.82) is 0 Å². The van der Waals surface area contributed by atoms with E-state index >= 15 is 0 Å². The van der Waals surface area contributed by atoms with Crippen LogP contribution >= 0.6 is 15.9 Å². The largest absolute Gasteiger partial charge is 0.477 e. The van der Waals surface area contributed by atoms with Crippen LogP contribution in [-0.2, 0) is 29.2 Å². The maximum atomic E-state index is 14.8. The number of hydrogen-bond donors (Lipinski definition) is 0. The molecule has 7 nitrogen and oxygen atoms in total. The Labute approximate surface area is 168 Å². The van der Waals surface area contributed by atoms with Crippen molar-refractivity contribution in [3.05, 3.63) is 54.0 Å². The summed E-state index contributed by atoms with van der Waals surface area (Å²) in [6.07, 6.45) is -6.37. The second-order valence-electron chi connectivity index (χ2n) is 6.28. The van der Waals surface area contributed by atoms with Crippen molar-refractivity contribution in [1.82, 2.24) is 9.13 Å². The summed E-state index contributed by atoms with van der Waals surface area (Å²) in [5.41, 5.74) is -5.52. The molecule has 0 spiro atoms. The lowest BCUT2D eigenvalue weighted by atomic mass is 10.1. The van der Waals surface area contributed by atoms with E-state index in [2.05, 4.69) is 20.7 Å².